The van der Waals surface area contributed by atoms with Crippen LogP contribution >= 0.6 is 0 Å². The molecule has 4 heteroatoms. The van der Waals surface area contributed by atoms with Crippen molar-refractivity contribution in [3.63, 3.8) is 0 Å². The van der Waals surface area contributed by atoms with E-state index in [1.54, 1.807) is 7.11 Å². The normalized spacial score (nSPS) is 23.2. The Hall–Kier alpha value is -1.26. The van der Waals surface area contributed by atoms with Crippen molar-refractivity contribution in [1.82, 2.24) is 4.90 Å². The second-order valence-corrected chi connectivity index (χ2v) is 4.33. The van der Waals surface area contributed by atoms with E-state index >= 15 is 0 Å². The number of benzene rings is 1. The maximum absolute atomic E-state index is 5.51. The molecule has 0 saturated carbocycles. The summed E-state index contributed by atoms with van der Waals surface area (Å²) in [4.78, 5) is 2.25. The van der Waals surface area contributed by atoms with E-state index in [1.165, 1.54) is 11.1 Å². The number of likely N-dealkylation sites (N-methyl/N-ethyl adjacent to an activating group) is 1. The molecule has 0 fully saturated rings. The number of hydrogen-bond acceptors (Lipinski definition) is 4. The highest BCUT2D eigenvalue weighted by Crippen LogP contribution is 2.39. The van der Waals surface area contributed by atoms with Crippen molar-refractivity contribution in [1.29, 1.82) is 0 Å². The molecular weight excluding hydrogens is 206 g/mol. The van der Waals surface area contributed by atoms with Crippen LogP contribution in [0.1, 0.15) is 17.2 Å². The first-order valence-electron chi connectivity index (χ1n) is 5.41. The van der Waals surface area contributed by atoms with Gasteiger partial charge in [0.15, 0.2) is 11.5 Å². The highest BCUT2D eigenvalue weighted by molar-refractivity contribution is 5.50. The summed E-state index contributed by atoms with van der Waals surface area (Å²) in [5.41, 5.74) is 2.50. The van der Waals surface area contributed by atoms with Crippen LogP contribution in [0.3, 0.4) is 0 Å². The number of rotatable bonds is 1. The minimum absolute atomic E-state index is 0.128. The van der Waals surface area contributed by atoms with E-state index in [1.807, 2.05) is 0 Å². The third kappa shape index (κ3) is 1.45. The predicted molar refractivity (Wildman–Crippen MR) is 58.6 cm³/mol. The fourth-order valence-corrected chi connectivity index (χ4v) is 2.37. The Kier molecular flexibility index (Phi) is 2.26. The van der Waals surface area contributed by atoms with Gasteiger partial charge in [-0.2, -0.15) is 0 Å². The van der Waals surface area contributed by atoms with E-state index < -0.39 is 0 Å². The Morgan fingerprint density at radius 2 is 2.06 bits per heavy atom. The van der Waals surface area contributed by atoms with E-state index in [9.17, 15) is 0 Å². The molecule has 0 spiro atoms. The van der Waals surface area contributed by atoms with E-state index in [0.717, 1.165) is 24.6 Å². The number of ether oxygens (including phenoxy) is 3. The van der Waals surface area contributed by atoms with Gasteiger partial charge in [-0.3, -0.25) is 4.90 Å². The zero-order valence-corrected chi connectivity index (χ0v) is 9.53. The summed E-state index contributed by atoms with van der Waals surface area (Å²) in [5, 5.41) is 0. The van der Waals surface area contributed by atoms with Gasteiger partial charge in [0.25, 0.3) is 0 Å². The molecule has 1 unspecified atom stereocenters. The van der Waals surface area contributed by atoms with Gasteiger partial charge in [-0.05, 0) is 30.3 Å². The van der Waals surface area contributed by atoms with Gasteiger partial charge in [0.05, 0.1) is 6.10 Å². The van der Waals surface area contributed by atoms with Gasteiger partial charge in [-0.1, -0.05) is 0 Å². The van der Waals surface area contributed by atoms with E-state index in [-0.39, 0.29) is 6.10 Å². The Balaban J connectivity index is 2.07. The molecule has 0 aromatic heterocycles. The van der Waals surface area contributed by atoms with Crippen molar-refractivity contribution in [2.24, 2.45) is 0 Å². The summed E-state index contributed by atoms with van der Waals surface area (Å²) in [7, 11) is 3.84. The van der Waals surface area contributed by atoms with Crippen LogP contribution in [-0.2, 0) is 11.3 Å². The average Bonchev–Trinajstić information content (AvgIpc) is 2.72. The average molecular weight is 221 g/mol. The van der Waals surface area contributed by atoms with Gasteiger partial charge in [0.1, 0.15) is 0 Å². The number of methoxy groups -OCH3 is 1. The molecule has 0 saturated heterocycles. The lowest BCUT2D eigenvalue weighted by atomic mass is 9.97. The van der Waals surface area contributed by atoms with Crippen molar-refractivity contribution in [3.8, 4) is 11.5 Å². The predicted octanol–water partition coefficient (Wildman–Crippen LogP) is 1.55. The van der Waals surface area contributed by atoms with Crippen LogP contribution in [0.4, 0.5) is 0 Å². The summed E-state index contributed by atoms with van der Waals surface area (Å²) in [6.45, 7) is 2.18. The van der Waals surface area contributed by atoms with Gasteiger partial charge < -0.3 is 14.2 Å². The van der Waals surface area contributed by atoms with Gasteiger partial charge in [-0.25, -0.2) is 0 Å². The van der Waals surface area contributed by atoms with Crippen molar-refractivity contribution in [2.45, 2.75) is 12.6 Å². The van der Waals surface area contributed by atoms with Crippen LogP contribution in [0.5, 0.6) is 11.5 Å². The lowest BCUT2D eigenvalue weighted by Crippen LogP contribution is -2.31. The van der Waals surface area contributed by atoms with Crippen LogP contribution in [0.2, 0.25) is 0 Å². The lowest BCUT2D eigenvalue weighted by Gasteiger charge is -2.31. The number of hydrogen-bond donors (Lipinski definition) is 0. The monoisotopic (exact) mass is 221 g/mol. The quantitative estimate of drug-likeness (QED) is 0.720. The molecule has 0 N–H and O–H groups in total. The van der Waals surface area contributed by atoms with Gasteiger partial charge >= 0.3 is 0 Å². The van der Waals surface area contributed by atoms with Crippen LogP contribution in [0.25, 0.3) is 0 Å². The fourth-order valence-electron chi connectivity index (χ4n) is 2.37. The highest BCUT2D eigenvalue weighted by Gasteiger charge is 2.27. The molecule has 3 rings (SSSR count). The molecule has 0 aliphatic carbocycles. The maximum atomic E-state index is 5.51. The van der Waals surface area contributed by atoms with E-state index in [4.69, 9.17) is 14.2 Å². The summed E-state index contributed by atoms with van der Waals surface area (Å²) >= 11 is 0. The zero-order chi connectivity index (χ0) is 11.1. The molecule has 2 aliphatic rings. The maximum Gasteiger partial charge on any atom is 0.231 e. The zero-order valence-electron chi connectivity index (χ0n) is 9.53. The van der Waals surface area contributed by atoms with Crippen molar-refractivity contribution in [3.05, 3.63) is 23.3 Å². The number of fused-ring (bicyclic) bond motifs is 2. The molecule has 2 aliphatic heterocycles. The van der Waals surface area contributed by atoms with Gasteiger partial charge in [0.2, 0.25) is 6.79 Å². The van der Waals surface area contributed by atoms with E-state index in [0.29, 0.717) is 6.79 Å². The Labute approximate surface area is 94.7 Å². The second kappa shape index (κ2) is 3.64. The third-order valence-electron chi connectivity index (χ3n) is 3.18. The minimum Gasteiger partial charge on any atom is -0.454 e. The topological polar surface area (TPSA) is 30.9 Å². The third-order valence-corrected chi connectivity index (χ3v) is 3.18. The summed E-state index contributed by atoms with van der Waals surface area (Å²) in [5.74, 6) is 1.69. The van der Waals surface area contributed by atoms with Crippen LogP contribution < -0.4 is 9.47 Å². The molecule has 16 heavy (non-hydrogen) atoms. The molecule has 1 aromatic carbocycles. The molecule has 86 valence electrons. The van der Waals surface area contributed by atoms with Crippen LogP contribution in [0, 0.1) is 0 Å². The molecule has 0 bridgehead atoms. The molecule has 1 atom stereocenters. The molecular formula is C12H15NO3. The lowest BCUT2D eigenvalue weighted by molar-refractivity contribution is 0.0576. The molecule has 0 amide bonds. The largest absolute Gasteiger partial charge is 0.454 e. The van der Waals surface area contributed by atoms with Crippen molar-refractivity contribution >= 4 is 0 Å². The molecule has 4 nitrogen and oxygen atoms in total. The Bertz CT molecular complexity index is 419. The van der Waals surface area contributed by atoms with E-state index in [2.05, 4.69) is 24.1 Å². The SMILES string of the molecule is COC1CN(C)Cc2cc3c(cc21)OCO3. The minimum atomic E-state index is 0.128. The highest BCUT2D eigenvalue weighted by atomic mass is 16.7. The first-order valence-corrected chi connectivity index (χ1v) is 5.41. The summed E-state index contributed by atoms with van der Waals surface area (Å²) in [6, 6.07) is 4.12. The Morgan fingerprint density at radius 1 is 1.31 bits per heavy atom. The number of nitrogens with zero attached hydrogens (tertiary/aromatic N) is 1. The van der Waals surface area contributed by atoms with Crippen LogP contribution in [-0.4, -0.2) is 32.4 Å². The summed E-state index contributed by atoms with van der Waals surface area (Å²) < 4.78 is 16.3. The second-order valence-electron chi connectivity index (χ2n) is 4.33. The molecule has 0 radical (unpaired) electrons. The van der Waals surface area contributed by atoms with Gasteiger partial charge in [0, 0.05) is 20.2 Å². The Morgan fingerprint density at radius 3 is 2.81 bits per heavy atom. The van der Waals surface area contributed by atoms with Crippen LogP contribution in [0.15, 0.2) is 12.1 Å². The fraction of sp³-hybridized carbons (Fsp3) is 0.500. The molecule has 1 aromatic rings. The van der Waals surface area contributed by atoms with Crippen molar-refractivity contribution in [2.75, 3.05) is 27.5 Å². The van der Waals surface area contributed by atoms with Gasteiger partial charge in [-0.15, -0.1) is 0 Å². The smallest absolute Gasteiger partial charge is 0.231 e. The first-order chi connectivity index (χ1) is 7.78. The summed E-state index contributed by atoms with van der Waals surface area (Å²) in [6.07, 6.45) is 0.128. The first kappa shape index (κ1) is 9.93. The molecule has 2 heterocycles. The van der Waals surface area contributed by atoms with Crippen molar-refractivity contribution < 1.29 is 14.2 Å². The standard InChI is InChI=1S/C12H15NO3/c1-13-5-8-3-10-11(16-7-15-10)4-9(8)12(6-13)14-2/h3-4,12H,5-7H2,1-2H3.